The van der Waals surface area contributed by atoms with Gasteiger partial charge in [0.1, 0.15) is 18.1 Å². The minimum Gasteiger partial charge on any atom is -0.466 e. The molecule has 4 amide bonds. The van der Waals surface area contributed by atoms with Gasteiger partial charge in [-0.25, -0.2) is 9.48 Å². The van der Waals surface area contributed by atoms with Crippen LogP contribution in [-0.4, -0.2) is 39.1 Å². The van der Waals surface area contributed by atoms with Gasteiger partial charge in [-0.05, 0) is 25.5 Å². The summed E-state index contributed by atoms with van der Waals surface area (Å²) in [5.74, 6) is -0.183. The second-order valence-corrected chi connectivity index (χ2v) is 5.91. The third-order valence-electron chi connectivity index (χ3n) is 4.01. The maximum absolute atomic E-state index is 12.6. The van der Waals surface area contributed by atoms with Gasteiger partial charge in [0, 0.05) is 12.6 Å². The lowest BCUT2D eigenvalue weighted by atomic mass is 9.99. The highest BCUT2D eigenvalue weighted by molar-refractivity contribution is 6.09. The molecule has 0 saturated carbocycles. The van der Waals surface area contributed by atoms with Crippen LogP contribution in [0, 0.1) is 0 Å². The molecule has 1 saturated heterocycles. The zero-order valence-electron chi connectivity index (χ0n) is 14.0. The molecule has 1 atom stereocenters. The van der Waals surface area contributed by atoms with Crippen molar-refractivity contribution < 1.29 is 18.8 Å². The van der Waals surface area contributed by atoms with E-state index in [9.17, 15) is 14.4 Å². The molecule has 1 unspecified atom stereocenters. The number of furan rings is 1. The summed E-state index contributed by atoms with van der Waals surface area (Å²) in [5.41, 5.74) is -1.31. The summed E-state index contributed by atoms with van der Waals surface area (Å²) in [4.78, 5) is 37.9. The third kappa shape index (κ3) is 3.00. The molecule has 2 N–H and O–H groups in total. The van der Waals surface area contributed by atoms with E-state index in [4.69, 9.17) is 4.42 Å². The van der Waals surface area contributed by atoms with E-state index in [2.05, 4.69) is 15.7 Å². The average Bonchev–Trinajstić information content (AvgIpc) is 3.28. The number of aryl methyl sites for hydroxylation is 1. The zero-order valence-corrected chi connectivity index (χ0v) is 14.0. The van der Waals surface area contributed by atoms with Crippen molar-refractivity contribution >= 4 is 23.7 Å². The Bertz CT molecular complexity index is 797. The average molecular weight is 345 g/mol. The third-order valence-corrected chi connectivity index (χ3v) is 4.01. The van der Waals surface area contributed by atoms with E-state index in [1.807, 2.05) is 6.92 Å². The molecule has 132 valence electrons. The van der Waals surface area contributed by atoms with E-state index in [-0.39, 0.29) is 0 Å². The fourth-order valence-electron chi connectivity index (χ4n) is 2.73. The number of carbonyl (C=O) groups excluding carboxylic acids is 3. The van der Waals surface area contributed by atoms with E-state index in [0.717, 1.165) is 11.3 Å². The van der Waals surface area contributed by atoms with Gasteiger partial charge in [-0.2, -0.15) is 5.10 Å². The van der Waals surface area contributed by atoms with Crippen LogP contribution in [0.4, 0.5) is 10.6 Å². The van der Waals surface area contributed by atoms with Gasteiger partial charge in [-0.1, -0.05) is 6.92 Å². The van der Waals surface area contributed by atoms with Gasteiger partial charge >= 0.3 is 6.03 Å². The van der Waals surface area contributed by atoms with Crippen molar-refractivity contribution in [3.05, 3.63) is 36.4 Å². The molecule has 3 rings (SSSR count). The molecule has 1 aliphatic rings. The Kier molecular flexibility index (Phi) is 4.30. The molecule has 1 fully saturated rings. The van der Waals surface area contributed by atoms with Crippen molar-refractivity contribution in [2.24, 2.45) is 0 Å². The minimum absolute atomic E-state index is 0.315. The van der Waals surface area contributed by atoms with E-state index in [1.165, 1.54) is 6.26 Å². The molecule has 9 nitrogen and oxygen atoms in total. The maximum atomic E-state index is 12.6. The smallest absolute Gasteiger partial charge is 0.325 e. The van der Waals surface area contributed by atoms with Gasteiger partial charge in [-0.15, -0.1) is 0 Å². The molecule has 0 aromatic carbocycles. The number of nitrogens with zero attached hydrogens (tertiary/aromatic N) is 3. The molecule has 0 spiro atoms. The molecular formula is C16H19N5O4. The Balaban J connectivity index is 1.70. The lowest BCUT2D eigenvalue weighted by Gasteiger charge is -2.18. The van der Waals surface area contributed by atoms with Crippen LogP contribution in [0.1, 0.15) is 26.0 Å². The normalized spacial score (nSPS) is 20.0. The summed E-state index contributed by atoms with van der Waals surface area (Å²) in [6.45, 7) is 3.80. The zero-order chi connectivity index (χ0) is 18.0. The van der Waals surface area contributed by atoms with Gasteiger partial charge in [-0.3, -0.25) is 14.5 Å². The SMILES string of the molecule is CCCn1nccc1NC(=O)CN1C(=O)NC(C)(c2ccco2)C1=O. The lowest BCUT2D eigenvalue weighted by Crippen LogP contribution is -2.42. The number of nitrogens with one attached hydrogen (secondary N) is 2. The lowest BCUT2D eigenvalue weighted by molar-refractivity contribution is -0.134. The number of rotatable bonds is 6. The van der Waals surface area contributed by atoms with Crippen molar-refractivity contribution in [3.8, 4) is 0 Å². The molecule has 9 heteroatoms. The van der Waals surface area contributed by atoms with Crippen molar-refractivity contribution in [1.29, 1.82) is 0 Å². The number of hydrogen-bond acceptors (Lipinski definition) is 5. The van der Waals surface area contributed by atoms with Crippen LogP contribution < -0.4 is 10.6 Å². The quantitative estimate of drug-likeness (QED) is 0.767. The van der Waals surface area contributed by atoms with Gasteiger partial charge in [0.15, 0.2) is 5.54 Å². The van der Waals surface area contributed by atoms with Crippen molar-refractivity contribution in [1.82, 2.24) is 20.0 Å². The highest BCUT2D eigenvalue weighted by atomic mass is 16.3. The first-order chi connectivity index (χ1) is 12.0. The maximum Gasteiger partial charge on any atom is 0.325 e. The Hall–Kier alpha value is -3.10. The van der Waals surface area contributed by atoms with Crippen LogP contribution in [0.5, 0.6) is 0 Å². The molecule has 1 aliphatic heterocycles. The summed E-state index contributed by atoms with van der Waals surface area (Å²) in [6, 6.07) is 4.25. The molecule has 2 aromatic rings. The van der Waals surface area contributed by atoms with Crippen LogP contribution in [-0.2, 0) is 21.7 Å². The fourth-order valence-corrected chi connectivity index (χ4v) is 2.73. The molecule has 3 heterocycles. The molecule has 25 heavy (non-hydrogen) atoms. The Morgan fingerprint density at radius 1 is 1.40 bits per heavy atom. The van der Waals surface area contributed by atoms with Crippen LogP contribution in [0.2, 0.25) is 0 Å². The van der Waals surface area contributed by atoms with Crippen molar-refractivity contribution in [2.45, 2.75) is 32.4 Å². The van der Waals surface area contributed by atoms with Crippen LogP contribution in [0.3, 0.4) is 0 Å². The number of urea groups is 1. The first-order valence-electron chi connectivity index (χ1n) is 7.95. The minimum atomic E-state index is -1.31. The largest absolute Gasteiger partial charge is 0.466 e. The molecule has 0 aliphatic carbocycles. The first-order valence-corrected chi connectivity index (χ1v) is 7.95. The van der Waals surface area contributed by atoms with Gasteiger partial charge in [0.25, 0.3) is 5.91 Å². The Labute approximate surface area is 144 Å². The van der Waals surface area contributed by atoms with Crippen molar-refractivity contribution in [2.75, 3.05) is 11.9 Å². The summed E-state index contributed by atoms with van der Waals surface area (Å²) >= 11 is 0. The van der Waals surface area contributed by atoms with Gasteiger partial charge < -0.3 is 15.1 Å². The highest BCUT2D eigenvalue weighted by Gasteiger charge is 2.51. The molecule has 0 radical (unpaired) electrons. The topological polar surface area (TPSA) is 109 Å². The van der Waals surface area contributed by atoms with Gasteiger partial charge in [0.05, 0.1) is 12.5 Å². The summed E-state index contributed by atoms with van der Waals surface area (Å²) < 4.78 is 6.90. The number of imide groups is 1. The van der Waals surface area contributed by atoms with Crippen LogP contribution in [0.15, 0.2) is 35.1 Å². The number of hydrogen-bond donors (Lipinski definition) is 2. The van der Waals surface area contributed by atoms with E-state index in [1.54, 1.807) is 36.0 Å². The van der Waals surface area contributed by atoms with Crippen LogP contribution in [0.25, 0.3) is 0 Å². The number of carbonyl (C=O) groups is 3. The van der Waals surface area contributed by atoms with E-state index >= 15 is 0 Å². The summed E-state index contributed by atoms with van der Waals surface area (Å²) in [5, 5.41) is 9.35. The molecule has 0 bridgehead atoms. The fraction of sp³-hybridized carbons (Fsp3) is 0.375. The predicted octanol–water partition coefficient (Wildman–Crippen LogP) is 1.29. The second-order valence-electron chi connectivity index (χ2n) is 5.91. The van der Waals surface area contributed by atoms with Gasteiger partial charge in [0.2, 0.25) is 5.91 Å². The molecular weight excluding hydrogens is 326 g/mol. The molecule has 2 aromatic heterocycles. The predicted molar refractivity (Wildman–Crippen MR) is 87.5 cm³/mol. The monoisotopic (exact) mass is 345 g/mol. The standard InChI is InChI=1S/C16H19N5O4/c1-3-8-21-12(6-7-17-21)18-13(22)10-20-14(23)16(2,19-15(20)24)11-5-4-9-25-11/h4-7,9H,3,8,10H2,1-2H3,(H,18,22)(H,19,24). The number of anilines is 1. The first kappa shape index (κ1) is 16.7. The summed E-state index contributed by atoms with van der Waals surface area (Å²) in [6.07, 6.45) is 3.86. The number of aromatic nitrogens is 2. The van der Waals surface area contributed by atoms with E-state index < -0.39 is 29.9 Å². The van der Waals surface area contributed by atoms with E-state index in [0.29, 0.717) is 18.1 Å². The highest BCUT2D eigenvalue weighted by Crippen LogP contribution is 2.28. The Morgan fingerprint density at radius 2 is 2.20 bits per heavy atom. The number of amides is 4. The second kappa shape index (κ2) is 6.42. The van der Waals surface area contributed by atoms with Crippen molar-refractivity contribution in [3.63, 3.8) is 0 Å². The van der Waals surface area contributed by atoms with Crippen LogP contribution >= 0.6 is 0 Å². The Morgan fingerprint density at radius 3 is 2.88 bits per heavy atom. The summed E-state index contributed by atoms with van der Waals surface area (Å²) in [7, 11) is 0.